The zero-order valence-corrected chi connectivity index (χ0v) is 17.8. The number of pyridine rings is 2. The Labute approximate surface area is 190 Å². The first kappa shape index (κ1) is 20.4. The molecule has 0 aliphatic carbocycles. The second-order valence-electron chi connectivity index (χ2n) is 7.98. The minimum absolute atomic E-state index is 0.0391. The standard InChI is InChI=1S/C22H17F3N8O/c1-12-4-2-6-15(28-12)20-29-30-21(34-20)32-9-7-14-18(27-11-26-14)19(32)16-10-17-13(22(23,24)25)5-3-8-33(17)31-16/h2-6,8,10-11,19H,7,9H2,1H3,(H,26,27)/t19-/m0/s1. The third-order valence-electron chi connectivity index (χ3n) is 5.80. The van der Waals surface area contributed by atoms with Crippen molar-refractivity contribution in [2.24, 2.45) is 0 Å². The zero-order valence-electron chi connectivity index (χ0n) is 17.8. The maximum absolute atomic E-state index is 13.6. The molecule has 0 amide bonds. The Morgan fingerprint density at radius 3 is 2.85 bits per heavy atom. The summed E-state index contributed by atoms with van der Waals surface area (Å²) < 4.78 is 47.9. The predicted molar refractivity (Wildman–Crippen MR) is 114 cm³/mol. The van der Waals surface area contributed by atoms with E-state index in [0.717, 1.165) is 17.5 Å². The number of fused-ring (bicyclic) bond motifs is 2. The Kier molecular flexibility index (Phi) is 4.44. The molecule has 0 saturated heterocycles. The van der Waals surface area contributed by atoms with Crippen molar-refractivity contribution in [3.05, 3.63) is 77.3 Å². The van der Waals surface area contributed by atoms with Gasteiger partial charge in [0, 0.05) is 30.6 Å². The lowest BCUT2D eigenvalue weighted by atomic mass is 10.00. The minimum atomic E-state index is -4.51. The van der Waals surface area contributed by atoms with Crippen LogP contribution < -0.4 is 4.90 Å². The third kappa shape index (κ3) is 3.29. The number of aromatic nitrogens is 7. The number of nitrogens with one attached hydrogen (secondary N) is 1. The summed E-state index contributed by atoms with van der Waals surface area (Å²) in [6.07, 6.45) is -0.839. The Balaban J connectivity index is 1.46. The van der Waals surface area contributed by atoms with E-state index in [9.17, 15) is 13.2 Å². The van der Waals surface area contributed by atoms with Gasteiger partial charge in [0.15, 0.2) is 0 Å². The molecular weight excluding hydrogens is 449 g/mol. The van der Waals surface area contributed by atoms with E-state index in [-0.39, 0.29) is 17.4 Å². The number of rotatable bonds is 3. The molecule has 12 heteroatoms. The summed E-state index contributed by atoms with van der Waals surface area (Å²) >= 11 is 0. The highest BCUT2D eigenvalue weighted by Gasteiger charge is 2.38. The van der Waals surface area contributed by atoms with Gasteiger partial charge in [0.25, 0.3) is 5.89 Å². The van der Waals surface area contributed by atoms with Crippen molar-refractivity contribution in [2.75, 3.05) is 11.4 Å². The van der Waals surface area contributed by atoms with Crippen molar-refractivity contribution in [1.82, 2.24) is 34.8 Å². The number of aryl methyl sites for hydroxylation is 1. The summed E-state index contributed by atoms with van der Waals surface area (Å²) in [7, 11) is 0. The van der Waals surface area contributed by atoms with Gasteiger partial charge in [-0.05, 0) is 37.3 Å². The van der Waals surface area contributed by atoms with E-state index >= 15 is 0 Å². The largest absolute Gasteiger partial charge is 0.418 e. The Morgan fingerprint density at radius 2 is 2.03 bits per heavy atom. The molecule has 0 spiro atoms. The van der Waals surface area contributed by atoms with Gasteiger partial charge in [-0.2, -0.15) is 18.3 Å². The smallest absolute Gasteiger partial charge is 0.402 e. The first-order valence-electron chi connectivity index (χ1n) is 10.5. The quantitative estimate of drug-likeness (QED) is 0.429. The number of nitrogens with zero attached hydrogens (tertiary/aromatic N) is 7. The SMILES string of the molecule is Cc1cccc(-c2nnc(N3CCc4[nH]cnc4[C@@H]3c3cc4c(C(F)(F)F)cccn4n3)o2)n1. The van der Waals surface area contributed by atoms with Crippen LogP contribution >= 0.6 is 0 Å². The van der Waals surface area contributed by atoms with Gasteiger partial charge in [0.1, 0.15) is 11.7 Å². The summed E-state index contributed by atoms with van der Waals surface area (Å²) in [5, 5.41) is 12.8. The Hall–Kier alpha value is -4.22. The molecular formula is C22H17F3N8O. The van der Waals surface area contributed by atoms with Crippen LogP contribution in [0.4, 0.5) is 19.2 Å². The number of aromatic amines is 1. The van der Waals surface area contributed by atoms with Crippen molar-refractivity contribution < 1.29 is 17.6 Å². The summed E-state index contributed by atoms with van der Waals surface area (Å²) in [5.41, 5.74) is 2.46. The number of H-pyrrole nitrogens is 1. The van der Waals surface area contributed by atoms with Crippen LogP contribution in [0.15, 0.2) is 53.3 Å². The van der Waals surface area contributed by atoms with Crippen molar-refractivity contribution in [1.29, 1.82) is 0 Å². The molecule has 9 nitrogen and oxygen atoms in total. The van der Waals surface area contributed by atoms with Gasteiger partial charge in [0.05, 0.1) is 28.8 Å². The lowest BCUT2D eigenvalue weighted by molar-refractivity contribution is -0.136. The Morgan fingerprint density at radius 1 is 1.15 bits per heavy atom. The molecule has 5 aromatic heterocycles. The highest BCUT2D eigenvalue weighted by atomic mass is 19.4. The highest BCUT2D eigenvalue weighted by Crippen LogP contribution is 2.39. The van der Waals surface area contributed by atoms with Crippen LogP contribution in [0.5, 0.6) is 0 Å². The fourth-order valence-electron chi connectivity index (χ4n) is 4.29. The van der Waals surface area contributed by atoms with Crippen LogP contribution in [0.2, 0.25) is 0 Å². The molecule has 0 unspecified atom stereocenters. The molecule has 172 valence electrons. The second kappa shape index (κ2) is 7.40. The molecule has 5 aromatic rings. The molecule has 1 atom stereocenters. The highest BCUT2D eigenvalue weighted by molar-refractivity contribution is 5.59. The van der Waals surface area contributed by atoms with Crippen LogP contribution in [0, 0.1) is 6.92 Å². The monoisotopic (exact) mass is 466 g/mol. The molecule has 1 aliphatic heterocycles. The van der Waals surface area contributed by atoms with Gasteiger partial charge in [-0.25, -0.2) is 14.5 Å². The van der Waals surface area contributed by atoms with E-state index in [1.165, 1.54) is 22.8 Å². The molecule has 0 radical (unpaired) electrons. The van der Waals surface area contributed by atoms with Crippen molar-refractivity contribution in [2.45, 2.75) is 25.6 Å². The fraction of sp³-hybridized carbons (Fsp3) is 0.227. The summed E-state index contributed by atoms with van der Waals surface area (Å²) in [6, 6.07) is 8.87. The van der Waals surface area contributed by atoms with Crippen LogP contribution in [0.3, 0.4) is 0 Å². The van der Waals surface area contributed by atoms with E-state index in [2.05, 4.69) is 30.2 Å². The van der Waals surface area contributed by atoms with Crippen LogP contribution in [-0.2, 0) is 12.6 Å². The average Bonchev–Trinajstić information content (AvgIpc) is 3.56. The van der Waals surface area contributed by atoms with Crippen molar-refractivity contribution in [3.63, 3.8) is 0 Å². The maximum Gasteiger partial charge on any atom is 0.418 e. The zero-order chi connectivity index (χ0) is 23.4. The van der Waals surface area contributed by atoms with Crippen molar-refractivity contribution >= 4 is 11.5 Å². The number of alkyl halides is 3. The van der Waals surface area contributed by atoms with E-state index in [4.69, 9.17) is 4.42 Å². The van der Waals surface area contributed by atoms with Gasteiger partial charge in [-0.15, -0.1) is 5.10 Å². The van der Waals surface area contributed by atoms with Crippen LogP contribution in [0.25, 0.3) is 17.1 Å². The summed E-state index contributed by atoms with van der Waals surface area (Å²) in [6.45, 7) is 2.34. The van der Waals surface area contributed by atoms with E-state index in [1.54, 1.807) is 12.4 Å². The average molecular weight is 466 g/mol. The number of anilines is 1. The lowest BCUT2D eigenvalue weighted by Crippen LogP contribution is -2.36. The van der Waals surface area contributed by atoms with Crippen LogP contribution in [-0.4, -0.2) is 41.3 Å². The molecule has 1 N–H and O–H groups in total. The normalized spacial score (nSPS) is 16.2. The minimum Gasteiger partial charge on any atom is -0.402 e. The van der Waals surface area contributed by atoms with Gasteiger partial charge in [0.2, 0.25) is 0 Å². The van der Waals surface area contributed by atoms with E-state index in [1.807, 2.05) is 24.0 Å². The maximum atomic E-state index is 13.6. The second-order valence-corrected chi connectivity index (χ2v) is 7.98. The van der Waals surface area contributed by atoms with Gasteiger partial charge in [-0.3, -0.25) is 0 Å². The molecule has 34 heavy (non-hydrogen) atoms. The topological polar surface area (TPSA) is 101 Å². The first-order chi connectivity index (χ1) is 16.4. The third-order valence-corrected chi connectivity index (χ3v) is 5.80. The first-order valence-corrected chi connectivity index (χ1v) is 10.5. The van der Waals surface area contributed by atoms with Gasteiger partial charge < -0.3 is 14.3 Å². The molecule has 1 aliphatic rings. The predicted octanol–water partition coefficient (Wildman–Crippen LogP) is 3.98. The summed E-state index contributed by atoms with van der Waals surface area (Å²) in [4.78, 5) is 13.8. The van der Waals surface area contributed by atoms with Gasteiger partial charge in [-0.1, -0.05) is 11.2 Å². The van der Waals surface area contributed by atoms with E-state index in [0.29, 0.717) is 30.0 Å². The number of halogens is 3. The molecule has 6 rings (SSSR count). The number of hydrogen-bond donors (Lipinski definition) is 1. The molecule has 0 saturated carbocycles. The Bertz CT molecular complexity index is 1500. The van der Waals surface area contributed by atoms with E-state index < -0.39 is 17.8 Å². The number of imidazole rings is 1. The molecule has 6 heterocycles. The molecule has 0 fully saturated rings. The van der Waals surface area contributed by atoms with Crippen LogP contribution in [0.1, 0.15) is 34.4 Å². The van der Waals surface area contributed by atoms with Crippen molar-refractivity contribution in [3.8, 4) is 11.6 Å². The molecule has 0 aromatic carbocycles. The molecule has 0 bridgehead atoms. The lowest BCUT2D eigenvalue weighted by Gasteiger charge is -2.32. The fourth-order valence-corrected chi connectivity index (χ4v) is 4.29. The summed E-state index contributed by atoms with van der Waals surface area (Å²) in [5.74, 6) is 0.250. The van der Waals surface area contributed by atoms with Gasteiger partial charge >= 0.3 is 12.2 Å². The number of hydrogen-bond acceptors (Lipinski definition) is 7.